The summed E-state index contributed by atoms with van der Waals surface area (Å²) in [5.74, 6) is -1.04. The van der Waals surface area contributed by atoms with Crippen molar-refractivity contribution in [2.24, 2.45) is 10.2 Å². The summed E-state index contributed by atoms with van der Waals surface area (Å²) in [4.78, 5) is -2.61. The van der Waals surface area contributed by atoms with Gasteiger partial charge in [-0.05, 0) is 29.7 Å². The monoisotopic (exact) mass is 553 g/mol. The van der Waals surface area contributed by atoms with Gasteiger partial charge in [-0.3, -0.25) is 13.7 Å². The zero-order chi connectivity index (χ0) is 26.6. The molecule has 0 radical (unpaired) electrons. The van der Waals surface area contributed by atoms with Crippen LogP contribution < -0.4 is 5.73 Å². The van der Waals surface area contributed by atoms with Gasteiger partial charge in [-0.25, -0.2) is 0 Å². The molecule has 0 aliphatic rings. The molecule has 0 amide bonds. The van der Waals surface area contributed by atoms with E-state index in [0.29, 0.717) is 11.5 Å². The first-order valence-corrected chi connectivity index (χ1v) is 13.9. The van der Waals surface area contributed by atoms with Crippen LogP contribution in [0.1, 0.15) is 0 Å². The molecule has 188 valence electrons. The van der Waals surface area contributed by atoms with Crippen molar-refractivity contribution >= 4 is 69.0 Å². The molecule has 0 aliphatic carbocycles. The number of hydrogen-bond donors (Lipinski definition) is 5. The van der Waals surface area contributed by atoms with Gasteiger partial charge in [0.1, 0.15) is 26.1 Å². The van der Waals surface area contributed by atoms with Gasteiger partial charge in [0, 0.05) is 16.5 Å². The van der Waals surface area contributed by atoms with Crippen molar-refractivity contribution in [3.8, 4) is 5.75 Å². The van der Waals surface area contributed by atoms with Gasteiger partial charge in [0.05, 0.1) is 5.39 Å². The molecule has 6 N–H and O–H groups in total. The van der Waals surface area contributed by atoms with Crippen molar-refractivity contribution < 1.29 is 44.0 Å². The zero-order valence-corrected chi connectivity index (χ0v) is 20.1. The number of anilines is 1. The Bertz CT molecular complexity index is 1940. The highest BCUT2D eigenvalue weighted by atomic mass is 32.2. The first-order valence-electron chi connectivity index (χ1n) is 9.55. The van der Waals surface area contributed by atoms with Crippen LogP contribution in [0.5, 0.6) is 5.75 Å². The summed E-state index contributed by atoms with van der Waals surface area (Å²) in [7, 11) is -15.0. The van der Waals surface area contributed by atoms with Crippen molar-refractivity contribution in [1.29, 1.82) is 0 Å². The third-order valence-corrected chi connectivity index (χ3v) is 7.86. The predicted molar refractivity (Wildman–Crippen MR) is 128 cm³/mol. The second kappa shape index (κ2) is 8.47. The van der Waals surface area contributed by atoms with Gasteiger partial charge in [0.25, 0.3) is 30.4 Å². The highest BCUT2D eigenvalue weighted by Crippen LogP contribution is 2.45. The molecule has 4 aromatic carbocycles. The van der Waals surface area contributed by atoms with Crippen LogP contribution in [0, 0.1) is 0 Å². The van der Waals surface area contributed by atoms with Gasteiger partial charge < -0.3 is 10.8 Å². The van der Waals surface area contributed by atoms with E-state index in [9.17, 15) is 44.0 Å². The van der Waals surface area contributed by atoms with E-state index in [1.165, 1.54) is 18.2 Å². The molecule has 36 heavy (non-hydrogen) atoms. The van der Waals surface area contributed by atoms with Gasteiger partial charge in [0.2, 0.25) is 0 Å². The quantitative estimate of drug-likeness (QED) is 0.136. The Labute approximate surface area is 203 Å². The summed E-state index contributed by atoms with van der Waals surface area (Å²) in [5, 5.41) is 17.6. The summed E-state index contributed by atoms with van der Waals surface area (Å²) >= 11 is 0. The van der Waals surface area contributed by atoms with Gasteiger partial charge in [-0.15, -0.1) is 10.2 Å². The van der Waals surface area contributed by atoms with Crippen LogP contribution in [-0.4, -0.2) is 44.0 Å². The predicted octanol–water partition coefficient (Wildman–Crippen LogP) is 3.44. The minimum atomic E-state index is -5.20. The topological polar surface area (TPSA) is 234 Å². The molecule has 0 aliphatic heterocycles. The van der Waals surface area contributed by atoms with Crippen molar-refractivity contribution in [2.75, 3.05) is 5.73 Å². The van der Waals surface area contributed by atoms with E-state index in [1.807, 2.05) is 0 Å². The van der Waals surface area contributed by atoms with Crippen LogP contribution in [0.15, 0.2) is 79.5 Å². The minimum absolute atomic E-state index is 0.0659. The number of nitrogen functional groups attached to an aromatic ring is 1. The van der Waals surface area contributed by atoms with Crippen molar-refractivity contribution in [3.63, 3.8) is 0 Å². The van der Waals surface area contributed by atoms with Gasteiger partial charge >= 0.3 is 0 Å². The molecule has 16 heteroatoms. The molecule has 0 saturated carbocycles. The number of benzene rings is 4. The lowest BCUT2D eigenvalue weighted by Crippen LogP contribution is -2.04. The Morgan fingerprint density at radius 2 is 1.33 bits per heavy atom. The highest BCUT2D eigenvalue weighted by Gasteiger charge is 2.27. The summed E-state index contributed by atoms with van der Waals surface area (Å²) in [6.45, 7) is 0. The van der Waals surface area contributed by atoms with Gasteiger partial charge in [-0.2, -0.15) is 25.3 Å². The average molecular weight is 554 g/mol. The molecular formula is C20H15N3O10S3. The normalized spacial score (nSPS) is 13.1. The molecule has 4 rings (SSSR count). The summed E-state index contributed by atoms with van der Waals surface area (Å²) in [5.41, 5.74) is 4.20. The molecule has 0 saturated heterocycles. The van der Waals surface area contributed by atoms with Crippen molar-refractivity contribution in [2.45, 2.75) is 14.7 Å². The molecule has 0 unspecified atom stereocenters. The van der Waals surface area contributed by atoms with E-state index >= 15 is 0 Å². The minimum Gasteiger partial charge on any atom is -0.505 e. The molecule has 0 heterocycles. The van der Waals surface area contributed by atoms with E-state index in [0.717, 1.165) is 18.2 Å². The lowest BCUT2D eigenvalue weighted by Gasteiger charge is -2.13. The molecule has 0 aromatic heterocycles. The van der Waals surface area contributed by atoms with Crippen molar-refractivity contribution in [1.82, 2.24) is 0 Å². The number of azo groups is 1. The standard InChI is InChI=1S/C20H15N3O10S3/c21-13-6-8-15(34(25,26)27)12-9-16(35(28,29)30)18(19(24)17(12)13)23-22-14-7-5-10-3-1-2-4-11(10)20(14)36(31,32)33/h1-9,24H,21H2,(H,25,26,27)(H,28,29,30)(H,31,32,33). The first kappa shape index (κ1) is 25.4. The van der Waals surface area contributed by atoms with E-state index in [-0.39, 0.29) is 11.1 Å². The number of phenolic OH excluding ortho intramolecular Hbond substituents is 1. The number of nitrogens with two attached hydrogens (primary N) is 1. The SMILES string of the molecule is Nc1ccc(S(=O)(=O)O)c2cc(S(=O)(=O)O)c(N=Nc3ccc4ccccc4c3S(=O)(=O)O)c(O)c12. The van der Waals surface area contributed by atoms with Gasteiger partial charge in [-0.1, -0.05) is 30.3 Å². The van der Waals surface area contributed by atoms with Crippen LogP contribution >= 0.6 is 0 Å². The fraction of sp³-hybridized carbons (Fsp3) is 0. The Morgan fingerprint density at radius 3 is 1.94 bits per heavy atom. The largest absolute Gasteiger partial charge is 0.505 e. The smallest absolute Gasteiger partial charge is 0.297 e. The van der Waals surface area contributed by atoms with E-state index < -0.39 is 72.9 Å². The molecule has 4 aromatic rings. The number of phenols is 1. The average Bonchev–Trinajstić information content (AvgIpc) is 2.75. The maximum absolute atomic E-state index is 12.1. The van der Waals surface area contributed by atoms with Crippen LogP contribution in [0.25, 0.3) is 21.5 Å². The number of aromatic hydroxyl groups is 1. The fourth-order valence-electron chi connectivity index (χ4n) is 3.66. The summed E-state index contributed by atoms with van der Waals surface area (Å²) in [6.07, 6.45) is 0. The summed E-state index contributed by atoms with van der Waals surface area (Å²) in [6, 6.07) is 11.1. The third-order valence-electron chi connectivity index (χ3n) is 5.14. The Kier molecular flexibility index (Phi) is 5.98. The van der Waals surface area contributed by atoms with Crippen molar-refractivity contribution in [3.05, 3.63) is 54.6 Å². The Morgan fingerprint density at radius 1 is 0.694 bits per heavy atom. The number of rotatable bonds is 5. The van der Waals surface area contributed by atoms with E-state index in [4.69, 9.17) is 5.73 Å². The van der Waals surface area contributed by atoms with Crippen LogP contribution in [0.4, 0.5) is 17.1 Å². The molecule has 0 fully saturated rings. The van der Waals surface area contributed by atoms with E-state index in [1.54, 1.807) is 12.1 Å². The number of hydrogen-bond acceptors (Lipinski definition) is 10. The number of nitrogens with zero attached hydrogens (tertiary/aromatic N) is 2. The fourth-order valence-corrected chi connectivity index (χ4v) is 5.83. The molecular weight excluding hydrogens is 538 g/mol. The lowest BCUT2D eigenvalue weighted by molar-refractivity contribution is 0.471. The number of fused-ring (bicyclic) bond motifs is 2. The maximum Gasteiger partial charge on any atom is 0.297 e. The second-order valence-corrected chi connectivity index (χ2v) is 11.5. The van der Waals surface area contributed by atoms with Crippen LogP contribution in [0.2, 0.25) is 0 Å². The molecule has 0 spiro atoms. The van der Waals surface area contributed by atoms with Crippen LogP contribution in [-0.2, 0) is 30.4 Å². The Balaban J connectivity index is 2.09. The van der Waals surface area contributed by atoms with E-state index in [2.05, 4.69) is 10.2 Å². The second-order valence-electron chi connectivity index (χ2n) is 7.41. The zero-order valence-electron chi connectivity index (χ0n) is 17.6. The molecule has 13 nitrogen and oxygen atoms in total. The van der Waals surface area contributed by atoms with Gasteiger partial charge in [0.15, 0.2) is 5.75 Å². The maximum atomic E-state index is 12.1. The highest BCUT2D eigenvalue weighted by molar-refractivity contribution is 7.86. The summed E-state index contributed by atoms with van der Waals surface area (Å²) < 4.78 is 101. The molecule has 0 atom stereocenters. The lowest BCUT2D eigenvalue weighted by atomic mass is 10.1. The first-order chi connectivity index (χ1) is 16.6. The third kappa shape index (κ3) is 4.48. The Hall–Kier alpha value is -3.67. The molecule has 0 bridgehead atoms. The van der Waals surface area contributed by atoms with Crippen LogP contribution in [0.3, 0.4) is 0 Å².